The summed E-state index contributed by atoms with van der Waals surface area (Å²) in [5.41, 5.74) is 0. The Morgan fingerprint density at radius 2 is 2.32 bits per heavy atom. The molecular weight excluding hydrogens is 354 g/mol. The summed E-state index contributed by atoms with van der Waals surface area (Å²) in [6.07, 6.45) is 4.91. The van der Waals surface area contributed by atoms with Gasteiger partial charge >= 0.3 is 0 Å². The van der Waals surface area contributed by atoms with Gasteiger partial charge in [-0.15, -0.1) is 0 Å². The molecule has 0 spiro atoms. The Labute approximate surface area is 125 Å². The molecule has 1 heterocycles. The van der Waals surface area contributed by atoms with Gasteiger partial charge < -0.3 is 9.52 Å². The molecular formula is C11H16BrNO4S2. The summed E-state index contributed by atoms with van der Waals surface area (Å²) in [4.78, 5) is 0.0447. The molecule has 1 aromatic rings. The summed E-state index contributed by atoms with van der Waals surface area (Å²) in [6.45, 7) is -0.328. The number of thioether (sulfide) groups is 1. The van der Waals surface area contributed by atoms with Crippen molar-refractivity contribution in [3.05, 3.63) is 16.5 Å². The molecule has 5 nitrogen and oxygen atoms in total. The van der Waals surface area contributed by atoms with Crippen LogP contribution in [-0.2, 0) is 16.6 Å². The third-order valence-corrected chi connectivity index (χ3v) is 6.73. The summed E-state index contributed by atoms with van der Waals surface area (Å²) in [6, 6.07) is 1.30. The van der Waals surface area contributed by atoms with Crippen molar-refractivity contribution in [3.63, 3.8) is 0 Å². The topological polar surface area (TPSA) is 79.5 Å². The average molecular weight is 370 g/mol. The SMILES string of the molecule is CSC1CCCC1NS(=O)(=O)c1cc(CO)oc1Br. The highest BCUT2D eigenvalue weighted by molar-refractivity contribution is 9.10. The van der Waals surface area contributed by atoms with Gasteiger partial charge in [0.2, 0.25) is 10.0 Å². The van der Waals surface area contributed by atoms with Crippen LogP contribution in [0.4, 0.5) is 0 Å². The highest BCUT2D eigenvalue weighted by Crippen LogP contribution is 2.31. The number of aliphatic hydroxyl groups is 1. The first-order valence-corrected chi connectivity index (χ1v) is 9.48. The van der Waals surface area contributed by atoms with E-state index in [1.54, 1.807) is 11.8 Å². The van der Waals surface area contributed by atoms with Gasteiger partial charge in [-0.3, -0.25) is 0 Å². The van der Waals surface area contributed by atoms with E-state index in [0.717, 1.165) is 19.3 Å². The van der Waals surface area contributed by atoms with Crippen molar-refractivity contribution in [1.82, 2.24) is 4.72 Å². The van der Waals surface area contributed by atoms with Crippen LogP contribution < -0.4 is 4.72 Å². The molecule has 8 heteroatoms. The standard InChI is InChI=1S/C11H16BrNO4S2/c1-18-9-4-2-3-8(9)13-19(15,16)10-5-7(6-14)17-11(10)12/h5,8-9,13-14H,2-4,6H2,1H3. The van der Waals surface area contributed by atoms with Crippen LogP contribution in [-0.4, -0.2) is 31.1 Å². The smallest absolute Gasteiger partial charge is 0.245 e. The Hall–Kier alpha value is -0.0200. The molecule has 0 saturated heterocycles. The second-order valence-electron chi connectivity index (χ2n) is 4.44. The zero-order chi connectivity index (χ0) is 14.0. The van der Waals surface area contributed by atoms with Gasteiger partial charge in [0.05, 0.1) is 0 Å². The number of nitrogens with one attached hydrogen (secondary N) is 1. The van der Waals surface area contributed by atoms with Crippen LogP contribution in [0.15, 0.2) is 20.0 Å². The van der Waals surface area contributed by atoms with Crippen LogP contribution >= 0.6 is 27.7 Å². The van der Waals surface area contributed by atoms with E-state index in [4.69, 9.17) is 9.52 Å². The number of rotatable bonds is 5. The number of aliphatic hydroxyl groups excluding tert-OH is 1. The van der Waals surface area contributed by atoms with Crippen molar-refractivity contribution in [2.45, 2.75) is 42.1 Å². The minimum Gasteiger partial charge on any atom is -0.450 e. The van der Waals surface area contributed by atoms with E-state index in [1.165, 1.54) is 6.07 Å². The van der Waals surface area contributed by atoms with Crippen molar-refractivity contribution < 1.29 is 17.9 Å². The first-order valence-electron chi connectivity index (χ1n) is 5.92. The van der Waals surface area contributed by atoms with Gasteiger partial charge in [-0.1, -0.05) is 6.42 Å². The fraction of sp³-hybridized carbons (Fsp3) is 0.636. The van der Waals surface area contributed by atoms with Crippen LogP contribution in [0.5, 0.6) is 0 Å². The van der Waals surface area contributed by atoms with Gasteiger partial charge in [-0.25, -0.2) is 13.1 Å². The second-order valence-corrected chi connectivity index (χ2v) is 7.92. The zero-order valence-corrected chi connectivity index (χ0v) is 13.6. The summed E-state index contributed by atoms with van der Waals surface area (Å²) in [5.74, 6) is 0.222. The molecule has 19 heavy (non-hydrogen) atoms. The van der Waals surface area contributed by atoms with Gasteiger partial charge in [0.15, 0.2) is 4.67 Å². The third-order valence-electron chi connectivity index (χ3n) is 3.21. The van der Waals surface area contributed by atoms with E-state index in [2.05, 4.69) is 20.7 Å². The summed E-state index contributed by atoms with van der Waals surface area (Å²) >= 11 is 4.76. The summed E-state index contributed by atoms with van der Waals surface area (Å²) < 4.78 is 32.6. The lowest BCUT2D eigenvalue weighted by molar-refractivity contribution is 0.245. The van der Waals surface area contributed by atoms with Gasteiger partial charge in [0, 0.05) is 17.4 Å². The Morgan fingerprint density at radius 1 is 1.58 bits per heavy atom. The molecule has 2 rings (SSSR count). The molecule has 2 atom stereocenters. The van der Waals surface area contributed by atoms with Crippen molar-refractivity contribution in [3.8, 4) is 0 Å². The fourth-order valence-electron chi connectivity index (χ4n) is 2.26. The maximum absolute atomic E-state index is 12.3. The summed E-state index contributed by atoms with van der Waals surface area (Å²) in [7, 11) is -3.62. The number of sulfonamides is 1. The lowest BCUT2D eigenvalue weighted by Crippen LogP contribution is -2.38. The fourth-order valence-corrected chi connectivity index (χ4v) is 5.59. The highest BCUT2D eigenvalue weighted by atomic mass is 79.9. The molecule has 2 N–H and O–H groups in total. The quantitative estimate of drug-likeness (QED) is 0.830. The lowest BCUT2D eigenvalue weighted by Gasteiger charge is -2.18. The maximum atomic E-state index is 12.3. The Kier molecular flexibility index (Phi) is 4.99. The maximum Gasteiger partial charge on any atom is 0.245 e. The first-order chi connectivity index (χ1) is 8.97. The minimum absolute atomic E-state index is 0.0422. The van der Waals surface area contributed by atoms with E-state index in [9.17, 15) is 8.42 Å². The number of furan rings is 1. The Bertz CT molecular complexity index is 543. The van der Waals surface area contributed by atoms with E-state index in [-0.39, 0.29) is 28.0 Å². The van der Waals surface area contributed by atoms with E-state index < -0.39 is 10.0 Å². The van der Waals surface area contributed by atoms with Crippen molar-refractivity contribution in [2.24, 2.45) is 0 Å². The van der Waals surface area contributed by atoms with Crippen molar-refractivity contribution in [2.75, 3.05) is 6.26 Å². The minimum atomic E-state index is -3.62. The number of hydrogen-bond acceptors (Lipinski definition) is 5. The van der Waals surface area contributed by atoms with Crippen LogP contribution in [0.3, 0.4) is 0 Å². The monoisotopic (exact) mass is 369 g/mol. The van der Waals surface area contributed by atoms with Gasteiger partial charge in [0.1, 0.15) is 17.3 Å². The molecule has 1 aliphatic rings. The zero-order valence-electron chi connectivity index (χ0n) is 10.4. The van der Waals surface area contributed by atoms with Crippen LogP contribution in [0.25, 0.3) is 0 Å². The first kappa shape index (κ1) is 15.4. The number of hydrogen-bond donors (Lipinski definition) is 2. The molecule has 1 saturated carbocycles. The molecule has 1 aliphatic carbocycles. The predicted octanol–water partition coefficient (Wildman–Crippen LogP) is 2.10. The average Bonchev–Trinajstić information content (AvgIpc) is 2.95. The predicted molar refractivity (Wildman–Crippen MR) is 77.6 cm³/mol. The molecule has 0 amide bonds. The molecule has 0 aromatic carbocycles. The van der Waals surface area contributed by atoms with Gasteiger partial charge in [-0.2, -0.15) is 11.8 Å². The van der Waals surface area contributed by atoms with E-state index >= 15 is 0 Å². The number of halogens is 1. The Morgan fingerprint density at radius 3 is 2.89 bits per heavy atom. The molecule has 2 unspecified atom stereocenters. The third kappa shape index (κ3) is 3.36. The molecule has 0 radical (unpaired) electrons. The second kappa shape index (κ2) is 6.17. The highest BCUT2D eigenvalue weighted by Gasteiger charge is 2.32. The molecule has 108 valence electrons. The molecule has 1 fully saturated rings. The molecule has 1 aromatic heterocycles. The summed E-state index contributed by atoms with van der Waals surface area (Å²) in [5, 5.41) is 9.29. The van der Waals surface area contributed by atoms with Gasteiger partial charge in [0.25, 0.3) is 0 Å². The van der Waals surface area contributed by atoms with Crippen molar-refractivity contribution >= 4 is 37.7 Å². The van der Waals surface area contributed by atoms with Crippen LogP contribution in [0.2, 0.25) is 0 Å². The van der Waals surface area contributed by atoms with Gasteiger partial charge in [-0.05, 0) is 35.0 Å². The lowest BCUT2D eigenvalue weighted by atomic mass is 10.3. The molecule has 0 bridgehead atoms. The van der Waals surface area contributed by atoms with E-state index in [0.29, 0.717) is 5.25 Å². The Balaban J connectivity index is 2.20. The van der Waals surface area contributed by atoms with Crippen LogP contribution in [0, 0.1) is 0 Å². The van der Waals surface area contributed by atoms with Crippen molar-refractivity contribution in [1.29, 1.82) is 0 Å². The molecule has 0 aliphatic heterocycles. The largest absolute Gasteiger partial charge is 0.450 e. The normalized spacial score (nSPS) is 23.9. The van der Waals surface area contributed by atoms with E-state index in [1.807, 2.05) is 6.26 Å². The van der Waals surface area contributed by atoms with Crippen LogP contribution in [0.1, 0.15) is 25.0 Å².